The summed E-state index contributed by atoms with van der Waals surface area (Å²) in [5.74, 6) is -2.61. The Kier molecular flexibility index (Phi) is 3.84. The molecule has 0 aromatic rings. The smallest absolute Gasteiger partial charge is 0.272 e. The first kappa shape index (κ1) is 11.9. The highest BCUT2D eigenvalue weighted by Crippen LogP contribution is 2.21. The Balaban J connectivity index is 2.23. The van der Waals surface area contributed by atoms with Gasteiger partial charge >= 0.3 is 0 Å². The van der Waals surface area contributed by atoms with E-state index in [0.717, 1.165) is 12.8 Å². The molecule has 1 saturated carbocycles. The SMILES string of the molecule is CC(C)N(C)CC(F)(F)CNC1CC1. The molecule has 0 radical (unpaired) electrons. The Bertz CT molecular complexity index is 179. The minimum Gasteiger partial charge on any atom is -0.308 e. The van der Waals surface area contributed by atoms with Gasteiger partial charge in [-0.2, -0.15) is 0 Å². The largest absolute Gasteiger partial charge is 0.308 e. The molecule has 1 rings (SSSR count). The van der Waals surface area contributed by atoms with Gasteiger partial charge in [0.2, 0.25) is 0 Å². The molecule has 1 N–H and O–H groups in total. The number of nitrogens with one attached hydrogen (secondary N) is 1. The van der Waals surface area contributed by atoms with Crippen LogP contribution >= 0.6 is 0 Å². The maximum Gasteiger partial charge on any atom is 0.272 e. The summed E-state index contributed by atoms with van der Waals surface area (Å²) in [6.07, 6.45) is 2.10. The fourth-order valence-electron chi connectivity index (χ4n) is 1.18. The van der Waals surface area contributed by atoms with Gasteiger partial charge in [-0.25, -0.2) is 8.78 Å². The number of nitrogens with zero attached hydrogens (tertiary/aromatic N) is 1. The predicted molar refractivity (Wildman–Crippen MR) is 53.7 cm³/mol. The van der Waals surface area contributed by atoms with Crippen LogP contribution in [0.25, 0.3) is 0 Å². The second-order valence-electron chi connectivity index (χ2n) is 4.52. The van der Waals surface area contributed by atoms with Crippen molar-refractivity contribution in [1.82, 2.24) is 10.2 Å². The molecule has 0 aromatic heterocycles. The van der Waals surface area contributed by atoms with Crippen molar-refractivity contribution in [3.8, 4) is 0 Å². The number of alkyl halides is 2. The van der Waals surface area contributed by atoms with E-state index >= 15 is 0 Å². The van der Waals surface area contributed by atoms with Crippen molar-refractivity contribution in [2.45, 2.75) is 44.7 Å². The monoisotopic (exact) mass is 206 g/mol. The van der Waals surface area contributed by atoms with Crippen LogP contribution < -0.4 is 5.32 Å². The van der Waals surface area contributed by atoms with Crippen molar-refractivity contribution >= 4 is 0 Å². The summed E-state index contributed by atoms with van der Waals surface area (Å²) in [5, 5.41) is 2.86. The van der Waals surface area contributed by atoms with Gasteiger partial charge < -0.3 is 5.32 Å². The lowest BCUT2D eigenvalue weighted by molar-refractivity contribution is -0.0311. The van der Waals surface area contributed by atoms with Crippen LogP contribution in [0.2, 0.25) is 0 Å². The van der Waals surface area contributed by atoms with Crippen LogP contribution in [0.5, 0.6) is 0 Å². The van der Waals surface area contributed by atoms with E-state index < -0.39 is 5.92 Å². The summed E-state index contributed by atoms with van der Waals surface area (Å²) >= 11 is 0. The molecular formula is C10H20F2N2. The molecule has 1 fully saturated rings. The number of hydrogen-bond acceptors (Lipinski definition) is 2. The molecule has 0 unspecified atom stereocenters. The van der Waals surface area contributed by atoms with Crippen molar-refractivity contribution in [2.75, 3.05) is 20.1 Å². The fourth-order valence-corrected chi connectivity index (χ4v) is 1.18. The first-order chi connectivity index (χ1) is 6.41. The minimum absolute atomic E-state index is 0.162. The van der Waals surface area contributed by atoms with Crippen LogP contribution in [0.15, 0.2) is 0 Å². The normalized spacial score (nSPS) is 18.2. The molecule has 1 aliphatic carbocycles. The zero-order chi connectivity index (χ0) is 10.8. The summed E-state index contributed by atoms with van der Waals surface area (Å²) in [6, 6.07) is 0.520. The van der Waals surface area contributed by atoms with Gasteiger partial charge in [0.05, 0.1) is 13.1 Å². The van der Waals surface area contributed by atoms with Gasteiger partial charge in [0.25, 0.3) is 5.92 Å². The van der Waals surface area contributed by atoms with Gasteiger partial charge in [-0.3, -0.25) is 4.90 Å². The quantitative estimate of drug-likeness (QED) is 0.711. The molecule has 0 atom stereocenters. The molecular weight excluding hydrogens is 186 g/mol. The van der Waals surface area contributed by atoms with Gasteiger partial charge in [0, 0.05) is 12.1 Å². The van der Waals surface area contributed by atoms with E-state index in [4.69, 9.17) is 0 Å². The van der Waals surface area contributed by atoms with E-state index in [-0.39, 0.29) is 19.1 Å². The first-order valence-electron chi connectivity index (χ1n) is 5.22. The molecule has 2 nitrogen and oxygen atoms in total. The summed E-state index contributed by atoms with van der Waals surface area (Å²) in [5.41, 5.74) is 0. The highest BCUT2D eigenvalue weighted by molar-refractivity contribution is 4.84. The predicted octanol–water partition coefficient (Wildman–Crippen LogP) is 1.71. The van der Waals surface area contributed by atoms with Crippen molar-refractivity contribution in [2.24, 2.45) is 0 Å². The van der Waals surface area contributed by atoms with Crippen molar-refractivity contribution in [1.29, 1.82) is 0 Å². The van der Waals surface area contributed by atoms with Gasteiger partial charge in [0.15, 0.2) is 0 Å². The topological polar surface area (TPSA) is 15.3 Å². The molecule has 4 heteroatoms. The summed E-state index contributed by atoms with van der Waals surface area (Å²) in [4.78, 5) is 1.68. The third-order valence-corrected chi connectivity index (χ3v) is 2.59. The van der Waals surface area contributed by atoms with Crippen LogP contribution in [-0.2, 0) is 0 Å². The van der Waals surface area contributed by atoms with Crippen LogP contribution in [-0.4, -0.2) is 43.0 Å². The lowest BCUT2D eigenvalue weighted by Gasteiger charge is -2.26. The second kappa shape index (κ2) is 4.53. The van der Waals surface area contributed by atoms with E-state index in [2.05, 4.69) is 5.32 Å². The second-order valence-corrected chi connectivity index (χ2v) is 4.52. The zero-order valence-corrected chi connectivity index (χ0v) is 9.19. The van der Waals surface area contributed by atoms with Crippen LogP contribution in [0.1, 0.15) is 26.7 Å². The van der Waals surface area contributed by atoms with Crippen molar-refractivity contribution in [3.05, 3.63) is 0 Å². The number of halogens is 2. The van der Waals surface area contributed by atoms with E-state index in [1.54, 1.807) is 11.9 Å². The molecule has 84 valence electrons. The maximum atomic E-state index is 13.3. The minimum atomic E-state index is -2.61. The van der Waals surface area contributed by atoms with E-state index in [0.29, 0.717) is 6.04 Å². The van der Waals surface area contributed by atoms with Gasteiger partial charge in [-0.15, -0.1) is 0 Å². The standard InChI is InChI=1S/C10H20F2N2/c1-8(2)14(3)7-10(11,12)6-13-9-4-5-9/h8-9,13H,4-7H2,1-3H3. The number of rotatable bonds is 6. The Morgan fingerprint density at radius 3 is 2.43 bits per heavy atom. The molecule has 0 aromatic carbocycles. The molecule has 0 bridgehead atoms. The van der Waals surface area contributed by atoms with Gasteiger partial charge in [-0.1, -0.05) is 0 Å². The lowest BCUT2D eigenvalue weighted by Crippen LogP contribution is -2.44. The van der Waals surface area contributed by atoms with Crippen molar-refractivity contribution < 1.29 is 8.78 Å². The summed E-state index contributed by atoms with van der Waals surface area (Å²) in [6.45, 7) is 3.49. The molecule has 0 spiro atoms. The van der Waals surface area contributed by atoms with Crippen molar-refractivity contribution in [3.63, 3.8) is 0 Å². The average molecular weight is 206 g/mol. The van der Waals surface area contributed by atoms with E-state index in [1.807, 2.05) is 13.8 Å². The third-order valence-electron chi connectivity index (χ3n) is 2.59. The molecule has 1 aliphatic rings. The molecule has 14 heavy (non-hydrogen) atoms. The average Bonchev–Trinajstić information content (AvgIpc) is 2.82. The van der Waals surface area contributed by atoms with E-state index in [1.165, 1.54) is 0 Å². The highest BCUT2D eigenvalue weighted by Gasteiger charge is 2.33. The molecule has 0 aliphatic heterocycles. The highest BCUT2D eigenvalue weighted by atomic mass is 19.3. The van der Waals surface area contributed by atoms with Gasteiger partial charge in [0.1, 0.15) is 0 Å². The van der Waals surface area contributed by atoms with Crippen LogP contribution in [0.4, 0.5) is 8.78 Å². The molecule has 0 amide bonds. The Labute approximate surface area is 84.7 Å². The Morgan fingerprint density at radius 2 is 2.00 bits per heavy atom. The maximum absolute atomic E-state index is 13.3. The molecule has 0 saturated heterocycles. The molecule has 0 heterocycles. The summed E-state index contributed by atoms with van der Waals surface area (Å²) < 4.78 is 26.6. The Morgan fingerprint density at radius 1 is 1.43 bits per heavy atom. The van der Waals surface area contributed by atoms with Gasteiger partial charge in [-0.05, 0) is 33.7 Å². The van der Waals surface area contributed by atoms with Crippen LogP contribution in [0, 0.1) is 0 Å². The van der Waals surface area contributed by atoms with Crippen LogP contribution in [0.3, 0.4) is 0 Å². The van der Waals surface area contributed by atoms with E-state index in [9.17, 15) is 8.78 Å². The first-order valence-corrected chi connectivity index (χ1v) is 5.22. The number of hydrogen-bond donors (Lipinski definition) is 1. The zero-order valence-electron chi connectivity index (χ0n) is 9.19. The summed E-state index contributed by atoms with van der Waals surface area (Å²) in [7, 11) is 1.73. The lowest BCUT2D eigenvalue weighted by atomic mass is 10.2. The Hall–Kier alpha value is -0.220. The fraction of sp³-hybridized carbons (Fsp3) is 1.00. The third kappa shape index (κ3) is 4.33.